The van der Waals surface area contributed by atoms with E-state index in [1.165, 1.54) is 0 Å². The molecule has 69 valence electrons. The summed E-state index contributed by atoms with van der Waals surface area (Å²) < 4.78 is 1.83. The summed E-state index contributed by atoms with van der Waals surface area (Å²) in [6, 6.07) is 0. The van der Waals surface area contributed by atoms with Crippen molar-refractivity contribution in [2.24, 2.45) is 0 Å². The van der Waals surface area contributed by atoms with Crippen LogP contribution < -0.4 is 0 Å². The van der Waals surface area contributed by atoms with E-state index >= 15 is 0 Å². The van der Waals surface area contributed by atoms with Crippen molar-refractivity contribution in [2.75, 3.05) is 13.1 Å². The van der Waals surface area contributed by atoms with Gasteiger partial charge in [0.1, 0.15) is 0 Å². The maximum absolute atomic E-state index is 4.77. The van der Waals surface area contributed by atoms with Crippen LogP contribution in [0.15, 0.2) is 0 Å². The minimum absolute atomic E-state index is 0. The van der Waals surface area contributed by atoms with E-state index in [1.807, 2.05) is 4.31 Å². The summed E-state index contributed by atoms with van der Waals surface area (Å²) in [5, 5.41) is 0. The van der Waals surface area contributed by atoms with Gasteiger partial charge >= 0.3 is 0 Å². The lowest BCUT2D eigenvalue weighted by Crippen LogP contribution is -2.08. The molecule has 0 amide bonds. The number of hydrogen-bond donors (Lipinski definition) is 0. The van der Waals surface area contributed by atoms with Gasteiger partial charge in [-0.25, -0.2) is 4.31 Å². The van der Waals surface area contributed by atoms with E-state index in [2.05, 4.69) is 13.8 Å². The highest BCUT2D eigenvalue weighted by Gasteiger charge is 1.84. The predicted molar refractivity (Wildman–Crippen MR) is 40.5 cm³/mol. The predicted octanol–water partition coefficient (Wildman–Crippen LogP) is 2.05. The largest absolute Gasteiger partial charge is 0.269 e. The van der Waals surface area contributed by atoms with E-state index in [9.17, 15) is 0 Å². The van der Waals surface area contributed by atoms with Crippen LogP contribution in [0.2, 0.25) is 0 Å². The first-order chi connectivity index (χ1) is 2.81. The van der Waals surface area contributed by atoms with Crippen LogP contribution in [0, 0.1) is 0 Å². The van der Waals surface area contributed by atoms with E-state index < -0.39 is 0 Å². The second-order valence-electron chi connectivity index (χ2n) is 1.11. The molecule has 10 heavy (non-hydrogen) atoms. The van der Waals surface area contributed by atoms with E-state index in [0.717, 1.165) is 13.1 Å². The molecule has 0 aliphatic heterocycles. The van der Waals surface area contributed by atoms with Crippen LogP contribution >= 0.6 is 12.8 Å². The summed E-state index contributed by atoms with van der Waals surface area (Å²) in [6.45, 7) is 6.06. The first-order valence-electron chi connectivity index (χ1n) is 2.23. The average molecular weight is 184 g/mol. The van der Waals surface area contributed by atoms with Gasteiger partial charge in [-0.2, -0.15) is 0 Å². The van der Waals surface area contributed by atoms with Gasteiger partial charge in [-0.05, 0) is 0 Å². The van der Waals surface area contributed by atoms with E-state index in [1.54, 1.807) is 0 Å². The Kier molecular flexibility index (Phi) is 74.4. The molecule has 0 aromatic heterocycles. The minimum atomic E-state index is 0. The van der Waals surface area contributed by atoms with Gasteiger partial charge in [-0.1, -0.05) is 13.8 Å². The maximum atomic E-state index is 4.77. The molecule has 1 nitrogen and oxygen atoms in total. The molecule has 0 saturated carbocycles. The number of hydrogen-bond acceptors (Lipinski definition) is 1. The molecule has 0 heterocycles. The van der Waals surface area contributed by atoms with Crippen molar-refractivity contribution in [3.8, 4) is 0 Å². The Hall–Kier alpha value is 0.0300. The molecule has 0 aromatic carbocycles. The summed E-state index contributed by atoms with van der Waals surface area (Å²) in [5.74, 6) is 0. The van der Waals surface area contributed by atoms with Gasteiger partial charge in [0.25, 0.3) is 0 Å². The van der Waals surface area contributed by atoms with E-state index in [4.69, 9.17) is 12.8 Å². The Morgan fingerprint density at radius 1 is 0.900 bits per heavy atom. The van der Waals surface area contributed by atoms with Crippen molar-refractivity contribution in [1.82, 2.24) is 4.31 Å². The summed E-state index contributed by atoms with van der Waals surface area (Å²) in [4.78, 5) is 0. The third-order valence-electron chi connectivity index (χ3n) is 0.705. The SMILES string of the molecule is CCN([S])CC.F.F.F.F. The lowest BCUT2D eigenvalue weighted by Gasteiger charge is -2.03. The molecule has 0 aliphatic rings. The Balaban J connectivity index is -0.0000000208. The van der Waals surface area contributed by atoms with Gasteiger partial charge in [0.15, 0.2) is 0 Å². The molecule has 0 aliphatic carbocycles. The summed E-state index contributed by atoms with van der Waals surface area (Å²) in [5.41, 5.74) is 0. The zero-order valence-electron chi connectivity index (χ0n) is 5.90. The standard InChI is InChI=1S/C4H10NS.4FH/c1-3-5(6)4-2;;;;/h3-4H2,1-2H3;4*1H. The van der Waals surface area contributed by atoms with Gasteiger partial charge < -0.3 is 0 Å². The highest BCUT2D eigenvalue weighted by molar-refractivity contribution is 7.77. The smallest absolute Gasteiger partial charge is 0.00837 e. The van der Waals surface area contributed by atoms with Crippen molar-refractivity contribution >= 4 is 12.8 Å². The lowest BCUT2D eigenvalue weighted by atomic mass is 10.7. The van der Waals surface area contributed by atoms with Crippen molar-refractivity contribution < 1.29 is 18.8 Å². The highest BCUT2D eigenvalue weighted by atomic mass is 32.1. The Labute approximate surface area is 63.8 Å². The van der Waals surface area contributed by atoms with Crippen LogP contribution in [0.4, 0.5) is 18.8 Å². The third-order valence-corrected chi connectivity index (χ3v) is 1.22. The topological polar surface area (TPSA) is 3.24 Å². The van der Waals surface area contributed by atoms with Crippen LogP contribution in [-0.2, 0) is 0 Å². The van der Waals surface area contributed by atoms with Crippen molar-refractivity contribution in [3.05, 3.63) is 0 Å². The van der Waals surface area contributed by atoms with E-state index in [-0.39, 0.29) is 18.8 Å². The third kappa shape index (κ3) is 24.4. The number of nitrogens with zero attached hydrogens (tertiary/aromatic N) is 1. The molecular weight excluding hydrogens is 170 g/mol. The zero-order chi connectivity index (χ0) is 4.99. The number of halogens is 4. The molecular formula is C4H14F4NS. The molecule has 6 heteroatoms. The van der Waals surface area contributed by atoms with Crippen LogP contribution in [0.5, 0.6) is 0 Å². The monoisotopic (exact) mass is 184 g/mol. The van der Waals surface area contributed by atoms with Crippen LogP contribution in [-0.4, -0.2) is 17.4 Å². The highest BCUT2D eigenvalue weighted by Crippen LogP contribution is 1.86. The van der Waals surface area contributed by atoms with Gasteiger partial charge in [0, 0.05) is 25.9 Å². The molecule has 0 spiro atoms. The molecule has 0 unspecified atom stereocenters. The Bertz CT molecular complexity index is 36.4. The first-order valence-corrected chi connectivity index (χ1v) is 2.59. The zero-order valence-corrected chi connectivity index (χ0v) is 6.72. The van der Waals surface area contributed by atoms with Gasteiger partial charge in [-0.15, -0.1) is 0 Å². The molecule has 0 fully saturated rings. The summed E-state index contributed by atoms with van der Waals surface area (Å²) in [6.07, 6.45) is 0. The minimum Gasteiger partial charge on any atom is -0.269 e. The van der Waals surface area contributed by atoms with Gasteiger partial charge in [0.2, 0.25) is 0 Å². The summed E-state index contributed by atoms with van der Waals surface area (Å²) >= 11 is 4.77. The average Bonchev–Trinajstić information content (AvgIpc) is 1.65. The fraction of sp³-hybridized carbons (Fsp3) is 1.00. The number of rotatable bonds is 2. The molecule has 0 rings (SSSR count). The van der Waals surface area contributed by atoms with Crippen LogP contribution in [0.1, 0.15) is 13.8 Å². The molecule has 0 saturated heterocycles. The normalized spacial score (nSPS) is 6.00. The quantitative estimate of drug-likeness (QED) is 0.594. The van der Waals surface area contributed by atoms with Crippen molar-refractivity contribution in [2.45, 2.75) is 13.8 Å². The first kappa shape index (κ1) is 32.3. The Morgan fingerprint density at radius 3 is 1.10 bits per heavy atom. The van der Waals surface area contributed by atoms with Crippen LogP contribution in [0.3, 0.4) is 0 Å². The molecule has 0 bridgehead atoms. The van der Waals surface area contributed by atoms with Crippen LogP contribution in [0.25, 0.3) is 0 Å². The van der Waals surface area contributed by atoms with Gasteiger partial charge in [0.05, 0.1) is 0 Å². The second-order valence-corrected chi connectivity index (χ2v) is 1.63. The Morgan fingerprint density at radius 2 is 1.10 bits per heavy atom. The van der Waals surface area contributed by atoms with Gasteiger partial charge in [-0.3, -0.25) is 18.8 Å². The molecule has 0 N–H and O–H groups in total. The molecule has 0 atom stereocenters. The molecule has 1 radical (unpaired) electrons. The van der Waals surface area contributed by atoms with E-state index in [0.29, 0.717) is 0 Å². The van der Waals surface area contributed by atoms with Crippen molar-refractivity contribution in [3.63, 3.8) is 0 Å². The summed E-state index contributed by atoms with van der Waals surface area (Å²) in [7, 11) is 0. The molecule has 0 aromatic rings. The lowest BCUT2D eigenvalue weighted by molar-refractivity contribution is 0.532. The van der Waals surface area contributed by atoms with Crippen molar-refractivity contribution in [1.29, 1.82) is 0 Å². The maximum Gasteiger partial charge on any atom is 0.00837 e. The fourth-order valence-corrected chi connectivity index (χ4v) is 0.224. The second kappa shape index (κ2) is 23.0. The fourth-order valence-electron chi connectivity index (χ4n) is 0.224.